The van der Waals surface area contributed by atoms with Crippen LogP contribution in [0.4, 0.5) is 16.2 Å². The molecule has 0 radical (unpaired) electrons. The van der Waals surface area contributed by atoms with E-state index in [2.05, 4.69) is 76.9 Å². The lowest BCUT2D eigenvalue weighted by atomic mass is 9.76. The molecule has 57 heavy (non-hydrogen) atoms. The van der Waals surface area contributed by atoms with Crippen LogP contribution in [0.3, 0.4) is 0 Å². The molecular formula is C50H39N3O4. The number of hydrogen-bond donors (Lipinski definition) is 1. The second-order valence-corrected chi connectivity index (χ2v) is 15.0. The number of rotatable bonds is 7. The number of nitrogens with one attached hydrogen (secondary N) is 1. The second-order valence-electron chi connectivity index (χ2n) is 15.0. The molecule has 3 heterocycles. The summed E-state index contributed by atoms with van der Waals surface area (Å²) in [4.78, 5) is 46.1. The third kappa shape index (κ3) is 6.12. The monoisotopic (exact) mass is 745 g/mol. The van der Waals surface area contributed by atoms with E-state index in [1.165, 1.54) is 16.8 Å². The van der Waals surface area contributed by atoms with Crippen LogP contribution in [-0.2, 0) is 16.2 Å². The van der Waals surface area contributed by atoms with Gasteiger partial charge in [0.1, 0.15) is 17.9 Å². The van der Waals surface area contributed by atoms with Crippen molar-refractivity contribution in [3.63, 3.8) is 0 Å². The first-order chi connectivity index (χ1) is 28.0. The second kappa shape index (κ2) is 14.3. The van der Waals surface area contributed by atoms with Crippen LogP contribution < -0.4 is 19.9 Å². The van der Waals surface area contributed by atoms with E-state index in [9.17, 15) is 14.4 Å². The lowest BCUT2D eigenvalue weighted by Crippen LogP contribution is -2.54. The molecule has 1 saturated heterocycles. The van der Waals surface area contributed by atoms with Gasteiger partial charge in [0.25, 0.3) is 11.8 Å². The molecule has 7 heteroatoms. The highest BCUT2D eigenvalue weighted by Gasteiger charge is 2.41. The molecular weight excluding hydrogens is 707 g/mol. The van der Waals surface area contributed by atoms with Crippen molar-refractivity contribution in [3.05, 3.63) is 191 Å². The fourth-order valence-corrected chi connectivity index (χ4v) is 9.13. The third-order valence-electron chi connectivity index (χ3n) is 11.8. The topological polar surface area (TPSA) is 79.0 Å². The Hall–Kier alpha value is -6.99. The third-order valence-corrected chi connectivity index (χ3v) is 11.8. The maximum Gasteiger partial charge on any atom is 0.335 e. The highest BCUT2D eigenvalue weighted by atomic mass is 16.5. The standard InChI is InChI=1S/C50H39N3O4/c54-48-45(30-42-39-21-10-8-17-35(39)22-23-46(42)57-31-36-19-11-18-32-16-7-9-20-38(32)36)49(55)53(50(56)51-48)37-28-43-40(33-12-3-1-4-13-33)24-26-52-27-25-41(44(29-37)47(43)52)34-14-5-2-6-15-34/h1-23,28-30,40-41H,24-27,31H2,(H,51,54,56)/b45-30+/t40-,41-/m1/s1. The number of amides is 4. The van der Waals surface area contributed by atoms with Crippen molar-refractivity contribution in [2.75, 3.05) is 22.9 Å². The van der Waals surface area contributed by atoms with E-state index >= 15 is 0 Å². The van der Waals surface area contributed by atoms with Crippen molar-refractivity contribution in [1.82, 2.24) is 5.32 Å². The average Bonchev–Trinajstić information content (AvgIpc) is 3.25. The van der Waals surface area contributed by atoms with E-state index in [-0.39, 0.29) is 24.0 Å². The molecule has 0 bridgehead atoms. The van der Waals surface area contributed by atoms with Crippen molar-refractivity contribution in [1.29, 1.82) is 0 Å². The summed E-state index contributed by atoms with van der Waals surface area (Å²) in [6, 6.07) is 50.1. The predicted molar refractivity (Wildman–Crippen MR) is 226 cm³/mol. The van der Waals surface area contributed by atoms with Gasteiger partial charge in [0.2, 0.25) is 0 Å². The normalized spacial score (nSPS) is 18.5. The number of ether oxygens (including phenoxy) is 1. The number of benzene rings is 7. The van der Waals surface area contributed by atoms with Crippen LogP contribution >= 0.6 is 0 Å². The van der Waals surface area contributed by atoms with Gasteiger partial charge in [0, 0.05) is 36.2 Å². The maximum atomic E-state index is 14.8. The van der Waals surface area contributed by atoms with Gasteiger partial charge in [0.15, 0.2) is 0 Å². The summed E-state index contributed by atoms with van der Waals surface area (Å²) in [6.07, 6.45) is 3.40. The van der Waals surface area contributed by atoms with Crippen molar-refractivity contribution >= 4 is 56.8 Å². The molecule has 278 valence electrons. The molecule has 7 nitrogen and oxygen atoms in total. The Bertz CT molecular complexity index is 2680. The quantitative estimate of drug-likeness (QED) is 0.130. The van der Waals surface area contributed by atoms with Crippen LogP contribution in [0.5, 0.6) is 5.75 Å². The van der Waals surface area contributed by atoms with Gasteiger partial charge in [-0.1, -0.05) is 133 Å². The van der Waals surface area contributed by atoms with Crippen molar-refractivity contribution in [2.24, 2.45) is 0 Å². The Kier molecular flexibility index (Phi) is 8.63. The van der Waals surface area contributed by atoms with Crippen LogP contribution in [0, 0.1) is 0 Å². The number of hydrogen-bond acceptors (Lipinski definition) is 5. The zero-order valence-electron chi connectivity index (χ0n) is 31.2. The van der Waals surface area contributed by atoms with Crippen LogP contribution in [0.15, 0.2) is 157 Å². The van der Waals surface area contributed by atoms with Gasteiger partial charge in [-0.2, -0.15) is 0 Å². The largest absolute Gasteiger partial charge is 0.488 e. The predicted octanol–water partition coefficient (Wildman–Crippen LogP) is 10.1. The van der Waals surface area contributed by atoms with Gasteiger partial charge in [-0.15, -0.1) is 0 Å². The zero-order chi connectivity index (χ0) is 38.5. The molecule has 2 atom stereocenters. The van der Waals surface area contributed by atoms with Crippen LogP contribution in [0.25, 0.3) is 27.6 Å². The highest BCUT2D eigenvalue weighted by Crippen LogP contribution is 2.50. The lowest BCUT2D eigenvalue weighted by molar-refractivity contribution is -0.122. The van der Waals surface area contributed by atoms with Gasteiger partial charge in [0.05, 0.1) is 5.69 Å². The number of urea groups is 1. The zero-order valence-corrected chi connectivity index (χ0v) is 31.2. The summed E-state index contributed by atoms with van der Waals surface area (Å²) < 4.78 is 6.53. The Balaban J connectivity index is 1.09. The van der Waals surface area contributed by atoms with E-state index in [4.69, 9.17) is 4.74 Å². The van der Waals surface area contributed by atoms with Gasteiger partial charge >= 0.3 is 6.03 Å². The minimum Gasteiger partial charge on any atom is -0.488 e. The summed E-state index contributed by atoms with van der Waals surface area (Å²) in [5.41, 5.74) is 7.63. The Morgan fingerprint density at radius 2 is 1.21 bits per heavy atom. The Morgan fingerprint density at radius 1 is 0.632 bits per heavy atom. The molecule has 1 N–H and O–H groups in total. The van der Waals surface area contributed by atoms with Crippen molar-refractivity contribution < 1.29 is 19.1 Å². The summed E-state index contributed by atoms with van der Waals surface area (Å²) >= 11 is 0. The molecule has 0 saturated carbocycles. The molecule has 3 aliphatic heterocycles. The number of imide groups is 2. The van der Waals surface area contributed by atoms with E-state index in [1.807, 2.05) is 84.9 Å². The number of fused-ring (bicyclic) bond motifs is 2. The van der Waals surface area contributed by atoms with Crippen molar-refractivity contribution in [3.8, 4) is 5.75 Å². The van der Waals surface area contributed by atoms with E-state index in [0.29, 0.717) is 17.0 Å². The molecule has 4 amide bonds. The smallest absolute Gasteiger partial charge is 0.335 e. The average molecular weight is 746 g/mol. The van der Waals surface area contributed by atoms with Gasteiger partial charge < -0.3 is 9.64 Å². The van der Waals surface area contributed by atoms with Crippen LogP contribution in [0.2, 0.25) is 0 Å². The molecule has 0 spiro atoms. The number of barbiturate groups is 1. The molecule has 0 unspecified atom stereocenters. The first-order valence-corrected chi connectivity index (χ1v) is 19.6. The molecule has 10 rings (SSSR count). The number of carbonyl (C=O) groups excluding carboxylic acids is 3. The molecule has 1 fully saturated rings. The van der Waals surface area contributed by atoms with E-state index in [0.717, 1.165) is 69.1 Å². The number of nitrogens with zero attached hydrogens (tertiary/aromatic N) is 2. The number of anilines is 2. The first-order valence-electron chi connectivity index (χ1n) is 19.6. The fourth-order valence-electron chi connectivity index (χ4n) is 9.13. The molecule has 7 aromatic carbocycles. The molecule has 7 aromatic rings. The first kappa shape index (κ1) is 34.5. The van der Waals surface area contributed by atoms with E-state index < -0.39 is 17.8 Å². The van der Waals surface area contributed by atoms with E-state index in [1.54, 1.807) is 6.08 Å². The fraction of sp³-hybridized carbons (Fsp3) is 0.140. The number of carbonyl (C=O) groups is 3. The molecule has 0 aromatic heterocycles. The highest BCUT2D eigenvalue weighted by molar-refractivity contribution is 6.39. The summed E-state index contributed by atoms with van der Waals surface area (Å²) in [5, 5.41) is 6.46. The SMILES string of the molecule is O=C1NC(=O)N(c2cc3c4c(c2)[C@@H](c2ccccc2)CCN4CC[C@@H]3c2ccccc2)C(=O)/C1=C/c1c(OCc2cccc3ccccc23)ccc2ccccc12. The summed E-state index contributed by atoms with van der Waals surface area (Å²) in [6.45, 7) is 2.11. The summed E-state index contributed by atoms with van der Waals surface area (Å²) in [7, 11) is 0. The minimum atomic E-state index is -0.768. The molecule has 0 aliphatic carbocycles. The maximum absolute atomic E-state index is 14.8. The molecule has 3 aliphatic rings. The summed E-state index contributed by atoms with van der Waals surface area (Å²) in [5.74, 6) is -0.762. The van der Waals surface area contributed by atoms with Gasteiger partial charge in [-0.05, 0) is 86.5 Å². The van der Waals surface area contributed by atoms with Crippen molar-refractivity contribution in [2.45, 2.75) is 31.3 Å². The van der Waals surface area contributed by atoms with Crippen LogP contribution in [0.1, 0.15) is 58.1 Å². The van der Waals surface area contributed by atoms with Gasteiger partial charge in [-0.25, -0.2) is 9.69 Å². The Labute approximate surface area is 330 Å². The van der Waals surface area contributed by atoms with Gasteiger partial charge in [-0.3, -0.25) is 14.9 Å². The minimum absolute atomic E-state index is 0.0717. The Morgan fingerprint density at radius 3 is 1.88 bits per heavy atom. The van der Waals surface area contributed by atoms with Crippen LogP contribution in [-0.4, -0.2) is 30.9 Å². The lowest BCUT2D eigenvalue weighted by Gasteiger charge is -2.44.